The summed E-state index contributed by atoms with van der Waals surface area (Å²) in [5.74, 6) is 7.70. The van der Waals surface area contributed by atoms with Crippen LogP contribution in [-0.4, -0.2) is 64.7 Å². The second-order valence-corrected chi connectivity index (χ2v) is 7.64. The zero-order chi connectivity index (χ0) is 21.5. The quantitative estimate of drug-likeness (QED) is 0.369. The lowest BCUT2D eigenvalue weighted by Crippen LogP contribution is -2.41. The van der Waals surface area contributed by atoms with E-state index in [2.05, 4.69) is 10.2 Å². The van der Waals surface area contributed by atoms with E-state index in [-0.39, 0.29) is 30.2 Å². The number of rotatable bonds is 8. The molecule has 30 heavy (non-hydrogen) atoms. The summed E-state index contributed by atoms with van der Waals surface area (Å²) in [6.07, 6.45) is 1.23. The van der Waals surface area contributed by atoms with Crippen LogP contribution in [0.25, 0.3) is 0 Å². The Kier molecular flexibility index (Phi) is 7.39. The molecule has 0 spiro atoms. The lowest BCUT2D eigenvalue weighted by molar-refractivity contribution is -0.148. The van der Waals surface area contributed by atoms with Crippen molar-refractivity contribution in [3.05, 3.63) is 30.1 Å². The molecule has 2 heterocycles. The van der Waals surface area contributed by atoms with E-state index in [0.29, 0.717) is 42.7 Å². The number of benzene rings is 1. The first kappa shape index (κ1) is 21.8. The van der Waals surface area contributed by atoms with Crippen molar-refractivity contribution in [2.45, 2.75) is 24.6 Å². The summed E-state index contributed by atoms with van der Waals surface area (Å²) in [5.41, 5.74) is 0. The van der Waals surface area contributed by atoms with E-state index in [1.807, 2.05) is 0 Å². The van der Waals surface area contributed by atoms with Crippen molar-refractivity contribution >= 4 is 23.6 Å². The second kappa shape index (κ2) is 10.2. The number of esters is 1. The molecule has 10 nitrogen and oxygen atoms in total. The van der Waals surface area contributed by atoms with E-state index in [0.717, 1.165) is 5.75 Å². The van der Waals surface area contributed by atoms with Gasteiger partial charge in [-0.15, -0.1) is 10.2 Å². The Balaban J connectivity index is 1.46. The van der Waals surface area contributed by atoms with Crippen molar-refractivity contribution in [2.75, 3.05) is 38.9 Å². The number of ether oxygens (including phenoxy) is 3. The van der Waals surface area contributed by atoms with Crippen LogP contribution in [-0.2, 0) is 20.9 Å². The van der Waals surface area contributed by atoms with Crippen molar-refractivity contribution in [3.8, 4) is 11.5 Å². The van der Waals surface area contributed by atoms with Gasteiger partial charge in [0.2, 0.25) is 11.1 Å². The van der Waals surface area contributed by atoms with Crippen LogP contribution in [0.5, 0.6) is 11.5 Å². The lowest BCUT2D eigenvalue weighted by atomic mass is 9.97. The third-order valence-corrected chi connectivity index (χ3v) is 5.80. The smallest absolute Gasteiger partial charge is 0.308 e. The Labute approximate surface area is 178 Å². The van der Waals surface area contributed by atoms with Gasteiger partial charge in [0.15, 0.2) is 5.82 Å². The summed E-state index contributed by atoms with van der Waals surface area (Å²) in [6, 6.07) is 7.16. The molecule has 1 amide bonds. The molecule has 0 unspecified atom stereocenters. The molecule has 1 aliphatic heterocycles. The molecule has 2 aromatic rings. The minimum atomic E-state index is -0.211. The van der Waals surface area contributed by atoms with Gasteiger partial charge in [-0.05, 0) is 37.1 Å². The highest BCUT2D eigenvalue weighted by molar-refractivity contribution is 7.99. The van der Waals surface area contributed by atoms with Crippen LogP contribution in [0.2, 0.25) is 0 Å². The fraction of sp³-hybridized carbons (Fsp3) is 0.474. The normalized spacial score (nSPS) is 14.4. The number of hydrogen-bond donors (Lipinski definition) is 1. The number of aromatic nitrogens is 3. The molecule has 0 saturated carbocycles. The van der Waals surface area contributed by atoms with Gasteiger partial charge in [-0.1, -0.05) is 11.8 Å². The van der Waals surface area contributed by atoms with E-state index in [1.54, 1.807) is 36.3 Å². The molecule has 0 aliphatic carbocycles. The molecule has 0 bridgehead atoms. The monoisotopic (exact) mass is 435 g/mol. The molecule has 11 heteroatoms. The number of hydrogen-bond acceptors (Lipinski definition) is 9. The highest BCUT2D eigenvalue weighted by Gasteiger charge is 2.28. The van der Waals surface area contributed by atoms with Gasteiger partial charge < -0.3 is 25.0 Å². The number of nitrogens with two attached hydrogens (primary N) is 1. The van der Waals surface area contributed by atoms with Crippen molar-refractivity contribution in [3.63, 3.8) is 0 Å². The van der Waals surface area contributed by atoms with Crippen LogP contribution >= 0.6 is 11.8 Å². The van der Waals surface area contributed by atoms with Gasteiger partial charge in [0.05, 0.1) is 25.9 Å². The maximum Gasteiger partial charge on any atom is 0.308 e. The maximum absolute atomic E-state index is 12.5. The SMILES string of the molecule is COC(=O)C1CCN(C(=O)CSc2nnc(COc3ccc(OC)cc3)n2N)CC1. The van der Waals surface area contributed by atoms with Crippen molar-refractivity contribution in [1.29, 1.82) is 0 Å². The largest absolute Gasteiger partial charge is 0.497 e. The molecule has 162 valence electrons. The van der Waals surface area contributed by atoms with Gasteiger partial charge in [-0.2, -0.15) is 0 Å². The summed E-state index contributed by atoms with van der Waals surface area (Å²) < 4.78 is 16.9. The van der Waals surface area contributed by atoms with Gasteiger partial charge in [0, 0.05) is 13.1 Å². The number of thioether (sulfide) groups is 1. The maximum atomic E-state index is 12.5. The van der Waals surface area contributed by atoms with Crippen LogP contribution in [0.1, 0.15) is 18.7 Å². The van der Waals surface area contributed by atoms with E-state index in [1.165, 1.54) is 23.5 Å². The van der Waals surface area contributed by atoms with Crippen LogP contribution in [0, 0.1) is 5.92 Å². The fourth-order valence-electron chi connectivity index (χ4n) is 3.07. The number of carbonyl (C=O) groups is 2. The molecular formula is C19H25N5O5S. The van der Waals surface area contributed by atoms with Gasteiger partial charge >= 0.3 is 5.97 Å². The molecule has 1 saturated heterocycles. The van der Waals surface area contributed by atoms with E-state index in [4.69, 9.17) is 20.1 Å². The first-order valence-electron chi connectivity index (χ1n) is 9.46. The van der Waals surface area contributed by atoms with Crippen molar-refractivity contribution < 1.29 is 23.8 Å². The van der Waals surface area contributed by atoms with Gasteiger partial charge in [-0.25, -0.2) is 4.68 Å². The van der Waals surface area contributed by atoms with Gasteiger partial charge in [0.1, 0.15) is 18.1 Å². The van der Waals surface area contributed by atoms with Gasteiger partial charge in [-0.3, -0.25) is 9.59 Å². The standard InChI is InChI=1S/C19H25N5O5S/c1-27-14-3-5-15(6-4-14)29-11-16-21-22-19(24(16)20)30-12-17(25)23-9-7-13(8-10-23)18(26)28-2/h3-6,13H,7-12,20H2,1-2H3. The molecular weight excluding hydrogens is 410 g/mol. The van der Waals surface area contributed by atoms with E-state index in [9.17, 15) is 9.59 Å². The molecule has 3 rings (SSSR count). The van der Waals surface area contributed by atoms with Crippen LogP contribution < -0.4 is 15.3 Å². The third-order valence-electron chi connectivity index (χ3n) is 4.87. The lowest BCUT2D eigenvalue weighted by Gasteiger charge is -2.30. The number of likely N-dealkylation sites (tertiary alicyclic amines) is 1. The van der Waals surface area contributed by atoms with Crippen LogP contribution in [0.3, 0.4) is 0 Å². The van der Waals surface area contributed by atoms with Crippen molar-refractivity contribution in [2.24, 2.45) is 5.92 Å². The number of nitrogens with zero attached hydrogens (tertiary/aromatic N) is 4. The molecule has 1 fully saturated rings. The molecule has 1 aromatic heterocycles. The summed E-state index contributed by atoms with van der Waals surface area (Å²) in [6.45, 7) is 1.22. The number of nitrogen functional groups attached to an aromatic ring is 1. The number of carbonyl (C=O) groups excluding carboxylic acids is 2. The summed E-state index contributed by atoms with van der Waals surface area (Å²) in [5, 5.41) is 8.50. The van der Waals surface area contributed by atoms with Crippen molar-refractivity contribution in [1.82, 2.24) is 19.8 Å². The first-order valence-corrected chi connectivity index (χ1v) is 10.4. The van der Waals surface area contributed by atoms with Gasteiger partial charge in [0.25, 0.3) is 0 Å². The van der Waals surface area contributed by atoms with E-state index >= 15 is 0 Å². The van der Waals surface area contributed by atoms with Crippen LogP contribution in [0.4, 0.5) is 0 Å². The highest BCUT2D eigenvalue weighted by Crippen LogP contribution is 2.22. The molecule has 1 aromatic carbocycles. The molecule has 1 aliphatic rings. The summed E-state index contributed by atoms with van der Waals surface area (Å²) in [7, 11) is 2.98. The Hall–Kier alpha value is -2.95. The Bertz CT molecular complexity index is 865. The summed E-state index contributed by atoms with van der Waals surface area (Å²) in [4.78, 5) is 25.8. The average molecular weight is 436 g/mol. The predicted molar refractivity (Wildman–Crippen MR) is 110 cm³/mol. The minimum Gasteiger partial charge on any atom is -0.497 e. The Morgan fingerprint density at radius 1 is 1.13 bits per heavy atom. The van der Waals surface area contributed by atoms with Crippen LogP contribution in [0.15, 0.2) is 29.4 Å². The number of piperidine rings is 1. The minimum absolute atomic E-state index is 0.0256. The highest BCUT2D eigenvalue weighted by atomic mass is 32.2. The zero-order valence-corrected chi connectivity index (χ0v) is 17.8. The topological polar surface area (TPSA) is 122 Å². The van der Waals surface area contributed by atoms with E-state index < -0.39 is 0 Å². The molecule has 0 atom stereocenters. The zero-order valence-electron chi connectivity index (χ0n) is 16.9. The third kappa shape index (κ3) is 5.35. The average Bonchev–Trinajstić information content (AvgIpc) is 3.15. The first-order chi connectivity index (χ1) is 14.5. The second-order valence-electron chi connectivity index (χ2n) is 6.70. The summed E-state index contributed by atoms with van der Waals surface area (Å²) >= 11 is 1.22. The molecule has 2 N–H and O–H groups in total. The fourth-order valence-corrected chi connectivity index (χ4v) is 3.85. The Morgan fingerprint density at radius 3 is 2.43 bits per heavy atom. The number of methoxy groups -OCH3 is 2. The predicted octanol–water partition coefficient (Wildman–Crippen LogP) is 1.08. The molecule has 0 radical (unpaired) electrons. The Morgan fingerprint density at radius 2 is 1.80 bits per heavy atom. The number of amides is 1.